The van der Waals surface area contributed by atoms with Gasteiger partial charge in [0, 0.05) is 6.07 Å². The van der Waals surface area contributed by atoms with E-state index in [1.165, 1.54) is 24.3 Å². The second-order valence-corrected chi connectivity index (χ2v) is 8.84. The van der Waals surface area contributed by atoms with Crippen LogP contribution in [0, 0.1) is 13.8 Å². The summed E-state index contributed by atoms with van der Waals surface area (Å²) in [5.41, 5.74) is 0.149. The van der Waals surface area contributed by atoms with Gasteiger partial charge in [-0.2, -0.15) is 13.2 Å². The molecule has 0 unspecified atom stereocenters. The van der Waals surface area contributed by atoms with Gasteiger partial charge >= 0.3 is 6.18 Å². The second-order valence-electron chi connectivity index (χ2n) is 8.05. The van der Waals surface area contributed by atoms with Gasteiger partial charge in [0.15, 0.2) is 6.61 Å². The first kappa shape index (κ1) is 26.4. The molecule has 3 aromatic carbocycles. The molecular formula is C26H18Cl2F3NO5. The lowest BCUT2D eigenvalue weighted by Crippen LogP contribution is -2.20. The molecule has 0 radical (unpaired) electrons. The Balaban J connectivity index is 1.63. The SMILES string of the molecule is Cc1ccc(C)c(Oc2c(C(F)(F)F)oc3cc(OCC(=O)Nc4cccc(Cl)c4Cl)ccc3c2=O)c1. The van der Waals surface area contributed by atoms with Crippen LogP contribution in [0.4, 0.5) is 18.9 Å². The van der Waals surface area contributed by atoms with E-state index in [0.717, 1.165) is 11.6 Å². The average molecular weight is 552 g/mol. The van der Waals surface area contributed by atoms with Gasteiger partial charge in [-0.1, -0.05) is 41.4 Å². The summed E-state index contributed by atoms with van der Waals surface area (Å²) >= 11 is 11.9. The van der Waals surface area contributed by atoms with E-state index in [1.807, 2.05) is 0 Å². The number of benzene rings is 3. The Bertz CT molecular complexity index is 1570. The lowest BCUT2D eigenvalue weighted by atomic mass is 10.1. The number of nitrogens with one attached hydrogen (secondary N) is 1. The molecule has 1 heterocycles. The van der Waals surface area contributed by atoms with Gasteiger partial charge in [0.2, 0.25) is 11.2 Å². The molecule has 0 spiro atoms. The van der Waals surface area contributed by atoms with Gasteiger partial charge in [-0.15, -0.1) is 0 Å². The first-order chi connectivity index (χ1) is 17.4. The summed E-state index contributed by atoms with van der Waals surface area (Å²) in [4.78, 5) is 25.3. The van der Waals surface area contributed by atoms with Crippen LogP contribution in [-0.2, 0) is 11.0 Å². The molecule has 192 valence electrons. The Hall–Kier alpha value is -3.69. The zero-order valence-electron chi connectivity index (χ0n) is 19.3. The first-order valence-corrected chi connectivity index (χ1v) is 11.5. The van der Waals surface area contributed by atoms with Crippen molar-refractivity contribution in [3.8, 4) is 17.2 Å². The molecule has 0 aliphatic rings. The lowest BCUT2D eigenvalue weighted by Gasteiger charge is -2.15. The number of alkyl halides is 3. The van der Waals surface area contributed by atoms with Gasteiger partial charge < -0.3 is 19.2 Å². The third kappa shape index (κ3) is 5.84. The van der Waals surface area contributed by atoms with E-state index in [9.17, 15) is 22.8 Å². The van der Waals surface area contributed by atoms with Crippen LogP contribution in [0.5, 0.6) is 17.2 Å². The van der Waals surface area contributed by atoms with Crippen molar-refractivity contribution in [3.63, 3.8) is 0 Å². The van der Waals surface area contributed by atoms with E-state index in [2.05, 4.69) is 5.32 Å². The summed E-state index contributed by atoms with van der Waals surface area (Å²) in [6.07, 6.45) is -5.02. The molecule has 0 saturated heterocycles. The summed E-state index contributed by atoms with van der Waals surface area (Å²) in [6.45, 7) is 2.88. The number of halogens is 5. The smallest absolute Gasteiger partial charge is 0.453 e. The summed E-state index contributed by atoms with van der Waals surface area (Å²) in [7, 11) is 0. The van der Waals surface area contributed by atoms with Crippen molar-refractivity contribution in [2.24, 2.45) is 0 Å². The molecular weight excluding hydrogens is 534 g/mol. The van der Waals surface area contributed by atoms with Crippen LogP contribution in [0.15, 0.2) is 63.8 Å². The number of rotatable bonds is 6. The van der Waals surface area contributed by atoms with Crippen LogP contribution < -0.4 is 20.2 Å². The van der Waals surface area contributed by atoms with Gasteiger partial charge in [0.05, 0.1) is 21.1 Å². The first-order valence-electron chi connectivity index (χ1n) is 10.7. The van der Waals surface area contributed by atoms with E-state index in [4.69, 9.17) is 37.1 Å². The summed E-state index contributed by atoms with van der Waals surface area (Å²) in [6, 6.07) is 13.3. The normalized spacial score (nSPS) is 11.4. The van der Waals surface area contributed by atoms with Crippen molar-refractivity contribution in [1.29, 1.82) is 0 Å². The Labute approximate surface area is 218 Å². The van der Waals surface area contributed by atoms with Gasteiger partial charge in [-0.25, -0.2) is 0 Å². The summed E-state index contributed by atoms with van der Waals surface area (Å²) in [5, 5.41) is 2.74. The maximum Gasteiger partial charge on any atom is 0.453 e. The lowest BCUT2D eigenvalue weighted by molar-refractivity contribution is -0.154. The van der Waals surface area contributed by atoms with Crippen molar-refractivity contribution >= 4 is 45.8 Å². The fraction of sp³-hybridized carbons (Fsp3) is 0.154. The molecule has 0 saturated carbocycles. The topological polar surface area (TPSA) is 77.8 Å². The van der Waals surface area contributed by atoms with Crippen LogP contribution in [0.1, 0.15) is 16.9 Å². The summed E-state index contributed by atoms with van der Waals surface area (Å²) < 4.78 is 57.4. The zero-order chi connectivity index (χ0) is 26.9. The molecule has 37 heavy (non-hydrogen) atoms. The van der Waals surface area contributed by atoms with Gasteiger partial charge in [0.25, 0.3) is 11.7 Å². The van der Waals surface area contributed by atoms with Crippen LogP contribution in [-0.4, -0.2) is 12.5 Å². The van der Waals surface area contributed by atoms with Crippen molar-refractivity contribution < 1.29 is 31.9 Å². The largest absolute Gasteiger partial charge is 0.484 e. The van der Waals surface area contributed by atoms with E-state index < -0.39 is 35.6 Å². The fourth-order valence-electron chi connectivity index (χ4n) is 3.39. The Morgan fingerprint density at radius 3 is 2.54 bits per heavy atom. The van der Waals surface area contributed by atoms with Crippen LogP contribution in [0.25, 0.3) is 11.0 Å². The Morgan fingerprint density at radius 1 is 1.05 bits per heavy atom. The average Bonchev–Trinajstić information content (AvgIpc) is 2.83. The third-order valence-electron chi connectivity index (χ3n) is 5.23. The molecule has 6 nitrogen and oxygen atoms in total. The van der Waals surface area contributed by atoms with Crippen LogP contribution >= 0.6 is 23.2 Å². The van der Waals surface area contributed by atoms with E-state index in [0.29, 0.717) is 5.56 Å². The highest BCUT2D eigenvalue weighted by molar-refractivity contribution is 6.44. The predicted octanol–water partition coefficient (Wildman–Crippen LogP) is 7.55. The number of carbonyl (C=O) groups excluding carboxylic acids is 1. The van der Waals surface area contributed by atoms with Crippen molar-refractivity contribution in [3.05, 3.63) is 91.8 Å². The number of fused-ring (bicyclic) bond motifs is 1. The molecule has 1 N–H and O–H groups in total. The number of hydrogen-bond acceptors (Lipinski definition) is 5. The number of aryl methyl sites for hydroxylation is 2. The molecule has 0 fully saturated rings. The number of hydrogen-bond donors (Lipinski definition) is 1. The molecule has 1 aromatic heterocycles. The maximum atomic E-state index is 13.8. The monoisotopic (exact) mass is 551 g/mol. The van der Waals surface area contributed by atoms with Gasteiger partial charge in [-0.3, -0.25) is 9.59 Å². The zero-order valence-corrected chi connectivity index (χ0v) is 20.8. The number of anilines is 1. The highest BCUT2D eigenvalue weighted by atomic mass is 35.5. The Kier molecular flexibility index (Phi) is 7.38. The minimum atomic E-state index is -5.02. The van der Waals surface area contributed by atoms with E-state index in [1.54, 1.807) is 38.1 Å². The summed E-state index contributed by atoms with van der Waals surface area (Å²) in [5.74, 6) is -3.06. The van der Waals surface area contributed by atoms with Crippen LogP contribution in [0.2, 0.25) is 10.0 Å². The van der Waals surface area contributed by atoms with Crippen molar-refractivity contribution in [2.45, 2.75) is 20.0 Å². The number of ether oxygens (including phenoxy) is 2. The quantitative estimate of drug-likeness (QED) is 0.267. The van der Waals surface area contributed by atoms with E-state index in [-0.39, 0.29) is 38.2 Å². The van der Waals surface area contributed by atoms with E-state index >= 15 is 0 Å². The fourth-order valence-corrected chi connectivity index (χ4v) is 3.74. The van der Waals surface area contributed by atoms with Gasteiger partial charge in [0.1, 0.15) is 17.1 Å². The van der Waals surface area contributed by atoms with Crippen LogP contribution in [0.3, 0.4) is 0 Å². The molecule has 4 aromatic rings. The molecule has 4 rings (SSSR count). The Morgan fingerprint density at radius 2 is 1.81 bits per heavy atom. The predicted molar refractivity (Wildman–Crippen MR) is 134 cm³/mol. The standard InChI is InChI=1S/C26H18Cl2F3NO5/c1-13-6-7-14(2)19(10-13)36-24-23(34)16-9-8-15(11-20(16)37-25(24)26(29,30)31)35-12-21(33)32-18-5-3-4-17(27)22(18)28/h3-11H,12H2,1-2H3,(H,32,33). The second kappa shape index (κ2) is 10.4. The molecule has 11 heteroatoms. The third-order valence-corrected chi connectivity index (χ3v) is 6.05. The van der Waals surface area contributed by atoms with Crippen molar-refractivity contribution in [2.75, 3.05) is 11.9 Å². The van der Waals surface area contributed by atoms with Gasteiger partial charge in [-0.05, 0) is 55.3 Å². The molecule has 0 aliphatic heterocycles. The highest BCUT2D eigenvalue weighted by Crippen LogP contribution is 2.39. The molecule has 1 amide bonds. The minimum absolute atomic E-state index is 0.000637. The molecule has 0 atom stereocenters. The number of amides is 1. The minimum Gasteiger partial charge on any atom is -0.484 e. The molecule has 0 bridgehead atoms. The van der Waals surface area contributed by atoms with Crippen molar-refractivity contribution in [1.82, 2.24) is 0 Å². The number of carbonyl (C=O) groups is 1. The molecule has 0 aliphatic carbocycles. The maximum absolute atomic E-state index is 13.8. The highest BCUT2D eigenvalue weighted by Gasteiger charge is 2.40.